The molecule has 0 aliphatic heterocycles. The average molecular weight is 357 g/mol. The van der Waals surface area contributed by atoms with Crippen molar-refractivity contribution in [2.75, 3.05) is 30.2 Å². The first-order valence-corrected chi connectivity index (χ1v) is 7.65. The second-order valence-corrected chi connectivity index (χ2v) is 5.23. The van der Waals surface area contributed by atoms with Gasteiger partial charge in [-0.2, -0.15) is 0 Å². The molecule has 0 unspecified atom stereocenters. The molecule has 136 valence electrons. The summed E-state index contributed by atoms with van der Waals surface area (Å²) in [5.74, 6) is -1.00. The number of hydrogen-bond acceptors (Lipinski definition) is 5. The molecule has 0 aliphatic rings. The van der Waals surface area contributed by atoms with E-state index in [-0.39, 0.29) is 5.91 Å². The molecule has 26 heavy (non-hydrogen) atoms. The van der Waals surface area contributed by atoms with Crippen LogP contribution in [0.15, 0.2) is 42.5 Å². The Morgan fingerprint density at radius 3 is 1.88 bits per heavy atom. The molecule has 0 saturated heterocycles. The van der Waals surface area contributed by atoms with Gasteiger partial charge in [0, 0.05) is 24.4 Å². The van der Waals surface area contributed by atoms with E-state index in [1.54, 1.807) is 42.5 Å². The largest absolute Gasteiger partial charge is 0.497 e. The maximum absolute atomic E-state index is 12.1. The minimum atomic E-state index is -0.859. The quantitative estimate of drug-likeness (QED) is 0.712. The fraction of sp³-hybridized carbons (Fsp3) is 0.167. The average Bonchev–Trinajstić information content (AvgIpc) is 2.62. The number of nitrogens with one attached hydrogen (secondary N) is 3. The number of carbonyl (C=O) groups is 3. The molecule has 3 amide bonds. The number of hydrogen-bond donors (Lipinski definition) is 3. The Morgan fingerprint density at radius 2 is 1.35 bits per heavy atom. The van der Waals surface area contributed by atoms with Crippen LogP contribution in [-0.4, -0.2) is 31.9 Å². The van der Waals surface area contributed by atoms with Crippen LogP contribution in [0.2, 0.25) is 0 Å². The molecule has 8 heteroatoms. The minimum Gasteiger partial charge on any atom is -0.497 e. The molecule has 0 spiro atoms. The van der Waals surface area contributed by atoms with Crippen LogP contribution in [0.1, 0.15) is 6.92 Å². The van der Waals surface area contributed by atoms with E-state index in [1.165, 1.54) is 21.1 Å². The van der Waals surface area contributed by atoms with Gasteiger partial charge in [-0.15, -0.1) is 0 Å². The normalized spacial score (nSPS) is 9.81. The van der Waals surface area contributed by atoms with E-state index in [4.69, 9.17) is 9.47 Å². The highest BCUT2D eigenvalue weighted by atomic mass is 16.5. The summed E-state index contributed by atoms with van der Waals surface area (Å²) in [5.41, 5.74) is 1.31. The van der Waals surface area contributed by atoms with Gasteiger partial charge in [-0.05, 0) is 36.4 Å². The third-order valence-electron chi connectivity index (χ3n) is 3.32. The van der Waals surface area contributed by atoms with Gasteiger partial charge in [0.05, 0.1) is 19.9 Å². The molecular weight excluding hydrogens is 338 g/mol. The Kier molecular flexibility index (Phi) is 6.15. The number of benzene rings is 2. The molecule has 0 saturated carbocycles. The van der Waals surface area contributed by atoms with E-state index in [0.29, 0.717) is 28.6 Å². The third-order valence-corrected chi connectivity index (χ3v) is 3.32. The third kappa shape index (κ3) is 4.97. The molecule has 2 aromatic carbocycles. The second-order valence-electron chi connectivity index (χ2n) is 5.23. The fourth-order valence-corrected chi connectivity index (χ4v) is 2.12. The van der Waals surface area contributed by atoms with E-state index in [1.807, 2.05) is 0 Å². The standard InChI is InChI=1S/C18H19N3O5/c1-11(22)19-12-4-6-13(7-5-12)20-17(23)18(24)21-15-10-14(25-2)8-9-16(15)26-3/h4-10H,1-3H3,(H,19,22)(H,20,23)(H,21,24). The summed E-state index contributed by atoms with van der Waals surface area (Å²) in [6.07, 6.45) is 0. The molecule has 0 aromatic heterocycles. The number of ether oxygens (including phenoxy) is 2. The zero-order valence-electron chi connectivity index (χ0n) is 14.6. The second kappa shape index (κ2) is 8.52. The lowest BCUT2D eigenvalue weighted by Gasteiger charge is -2.12. The zero-order valence-corrected chi connectivity index (χ0v) is 14.6. The van der Waals surface area contributed by atoms with Crippen LogP contribution in [0.5, 0.6) is 11.5 Å². The molecule has 2 rings (SSSR count). The van der Waals surface area contributed by atoms with E-state index in [0.717, 1.165) is 0 Å². The molecule has 0 aliphatic carbocycles. The topological polar surface area (TPSA) is 106 Å². The van der Waals surface area contributed by atoms with E-state index >= 15 is 0 Å². The first-order chi connectivity index (χ1) is 12.4. The summed E-state index contributed by atoms with van der Waals surface area (Å²) in [7, 11) is 2.94. The Hall–Kier alpha value is -3.55. The number of methoxy groups -OCH3 is 2. The molecule has 3 N–H and O–H groups in total. The summed E-state index contributed by atoms with van der Waals surface area (Å²) >= 11 is 0. The van der Waals surface area contributed by atoms with Crippen LogP contribution >= 0.6 is 0 Å². The van der Waals surface area contributed by atoms with Crippen molar-refractivity contribution in [3.8, 4) is 11.5 Å². The van der Waals surface area contributed by atoms with E-state index in [9.17, 15) is 14.4 Å². The summed E-state index contributed by atoms with van der Waals surface area (Å²) in [4.78, 5) is 35.2. The molecule has 0 radical (unpaired) electrons. The zero-order chi connectivity index (χ0) is 19.1. The number of rotatable bonds is 5. The van der Waals surface area contributed by atoms with Crippen LogP contribution in [0.4, 0.5) is 17.1 Å². The van der Waals surface area contributed by atoms with Crippen molar-refractivity contribution in [3.05, 3.63) is 42.5 Å². The molecule has 0 atom stereocenters. The number of amides is 3. The molecular formula is C18H19N3O5. The predicted octanol–water partition coefficient (Wildman–Crippen LogP) is 2.24. The predicted molar refractivity (Wildman–Crippen MR) is 97.6 cm³/mol. The summed E-state index contributed by atoms with van der Waals surface area (Å²) < 4.78 is 10.2. The molecule has 8 nitrogen and oxygen atoms in total. The summed E-state index contributed by atoms with van der Waals surface area (Å²) in [6, 6.07) is 11.2. The Morgan fingerprint density at radius 1 is 0.769 bits per heavy atom. The first-order valence-electron chi connectivity index (χ1n) is 7.65. The lowest BCUT2D eigenvalue weighted by Crippen LogP contribution is -2.29. The van der Waals surface area contributed by atoms with Crippen molar-refractivity contribution in [1.82, 2.24) is 0 Å². The van der Waals surface area contributed by atoms with Crippen LogP contribution in [0, 0.1) is 0 Å². The van der Waals surface area contributed by atoms with Crippen LogP contribution in [0.3, 0.4) is 0 Å². The molecule has 2 aromatic rings. The van der Waals surface area contributed by atoms with Crippen molar-refractivity contribution in [2.45, 2.75) is 6.92 Å². The van der Waals surface area contributed by atoms with Gasteiger partial charge in [0.1, 0.15) is 11.5 Å². The Balaban J connectivity index is 2.04. The van der Waals surface area contributed by atoms with Gasteiger partial charge < -0.3 is 25.4 Å². The van der Waals surface area contributed by atoms with E-state index in [2.05, 4.69) is 16.0 Å². The highest BCUT2D eigenvalue weighted by Crippen LogP contribution is 2.28. The van der Waals surface area contributed by atoms with Gasteiger partial charge in [0.2, 0.25) is 5.91 Å². The summed E-state index contributed by atoms with van der Waals surface area (Å²) in [6.45, 7) is 1.40. The van der Waals surface area contributed by atoms with Crippen molar-refractivity contribution in [2.24, 2.45) is 0 Å². The van der Waals surface area contributed by atoms with E-state index < -0.39 is 11.8 Å². The number of anilines is 3. The lowest BCUT2D eigenvalue weighted by molar-refractivity contribution is -0.133. The highest BCUT2D eigenvalue weighted by Gasteiger charge is 2.16. The highest BCUT2D eigenvalue weighted by molar-refractivity contribution is 6.43. The maximum atomic E-state index is 12.1. The summed E-state index contributed by atoms with van der Waals surface area (Å²) in [5, 5.41) is 7.56. The van der Waals surface area contributed by atoms with Gasteiger partial charge in [0.25, 0.3) is 0 Å². The van der Waals surface area contributed by atoms with Gasteiger partial charge >= 0.3 is 11.8 Å². The smallest absolute Gasteiger partial charge is 0.314 e. The van der Waals surface area contributed by atoms with Gasteiger partial charge in [-0.1, -0.05) is 0 Å². The van der Waals surface area contributed by atoms with Crippen molar-refractivity contribution < 1.29 is 23.9 Å². The van der Waals surface area contributed by atoms with Crippen LogP contribution in [0.25, 0.3) is 0 Å². The lowest BCUT2D eigenvalue weighted by atomic mass is 10.2. The van der Waals surface area contributed by atoms with Crippen molar-refractivity contribution in [1.29, 1.82) is 0 Å². The monoisotopic (exact) mass is 357 g/mol. The maximum Gasteiger partial charge on any atom is 0.314 e. The van der Waals surface area contributed by atoms with Crippen molar-refractivity contribution in [3.63, 3.8) is 0 Å². The Bertz CT molecular complexity index is 818. The number of carbonyl (C=O) groups excluding carboxylic acids is 3. The van der Waals surface area contributed by atoms with Crippen LogP contribution < -0.4 is 25.4 Å². The molecule has 0 heterocycles. The fourth-order valence-electron chi connectivity index (χ4n) is 2.12. The van der Waals surface area contributed by atoms with Gasteiger partial charge in [0.15, 0.2) is 0 Å². The van der Waals surface area contributed by atoms with Gasteiger partial charge in [-0.25, -0.2) is 0 Å². The van der Waals surface area contributed by atoms with Crippen molar-refractivity contribution >= 4 is 34.8 Å². The Labute approximate surface area is 150 Å². The first kappa shape index (κ1) is 18.8. The SMILES string of the molecule is COc1ccc(OC)c(NC(=O)C(=O)Nc2ccc(NC(C)=O)cc2)c1. The molecule has 0 fully saturated rings. The van der Waals surface area contributed by atoms with Gasteiger partial charge in [-0.3, -0.25) is 14.4 Å². The van der Waals surface area contributed by atoms with Crippen LogP contribution in [-0.2, 0) is 14.4 Å². The minimum absolute atomic E-state index is 0.201. The molecule has 0 bridgehead atoms.